The van der Waals surface area contributed by atoms with Crippen molar-refractivity contribution in [3.63, 3.8) is 0 Å². The first-order valence-electron chi connectivity index (χ1n) is 6.08. The summed E-state index contributed by atoms with van der Waals surface area (Å²) in [5, 5.41) is 0. The van der Waals surface area contributed by atoms with Gasteiger partial charge in [-0.25, -0.2) is 0 Å². The quantitative estimate of drug-likeness (QED) is 0.330. The molecular weight excluding hydrogens is 222 g/mol. The lowest BCUT2D eigenvalue weighted by Crippen LogP contribution is -2.17. The Balaban J connectivity index is 2.23. The highest BCUT2D eigenvalue weighted by Crippen LogP contribution is 2.05. The third kappa shape index (κ3) is 7.54. The molecule has 1 aromatic rings. The zero-order valence-corrected chi connectivity index (χ0v) is 12.0. The van der Waals surface area contributed by atoms with Gasteiger partial charge in [-0.05, 0) is 5.56 Å². The van der Waals surface area contributed by atoms with Gasteiger partial charge in [0, 0.05) is 25.2 Å². The third-order valence-electron chi connectivity index (χ3n) is 2.15. The summed E-state index contributed by atoms with van der Waals surface area (Å²) in [5.74, 6) is 6.46. The minimum Gasteiger partial charge on any atom is -0.292 e. The van der Waals surface area contributed by atoms with Gasteiger partial charge >= 0.3 is 0 Å². The van der Waals surface area contributed by atoms with Crippen molar-refractivity contribution in [2.24, 2.45) is 4.99 Å². The van der Waals surface area contributed by atoms with Crippen LogP contribution < -0.4 is 0 Å². The van der Waals surface area contributed by atoms with Crippen LogP contribution in [0.4, 0.5) is 0 Å². The second kappa shape index (κ2) is 7.08. The summed E-state index contributed by atoms with van der Waals surface area (Å²) in [7, 11) is -0.990. The van der Waals surface area contributed by atoms with Gasteiger partial charge in [-0.15, -0.1) is 11.8 Å². The number of hydrogen-bond acceptors (Lipinski definition) is 1. The maximum absolute atomic E-state index is 4.36. The number of nitrogens with zero attached hydrogens (tertiary/aromatic N) is 1. The van der Waals surface area contributed by atoms with Crippen LogP contribution in [0.1, 0.15) is 12.0 Å². The van der Waals surface area contributed by atoms with E-state index in [1.165, 1.54) is 0 Å². The molecule has 1 nitrogen and oxygen atoms in total. The zero-order chi connectivity index (χ0) is 12.6. The summed E-state index contributed by atoms with van der Waals surface area (Å²) in [6.45, 7) is 7.83. The second-order valence-corrected chi connectivity index (χ2v) is 10.8. The van der Waals surface area contributed by atoms with Crippen molar-refractivity contribution in [2.45, 2.75) is 32.1 Å². The fraction of sp³-hybridized carbons (Fsp3) is 0.400. The minimum atomic E-state index is -0.990. The van der Waals surface area contributed by atoms with E-state index in [1.54, 1.807) is 0 Å². The maximum Gasteiger partial charge on any atom is 0.0573 e. The summed E-state index contributed by atoms with van der Waals surface area (Å²) in [6, 6.07) is 11.3. The van der Waals surface area contributed by atoms with E-state index in [2.05, 4.69) is 48.6 Å². The first-order chi connectivity index (χ1) is 8.08. The summed E-state index contributed by atoms with van der Waals surface area (Å²) in [5.41, 5.74) is 1.16. The SMILES string of the molecule is C[Si](C)(C)CC#CCCN=Cc1ccccc1. The van der Waals surface area contributed by atoms with Crippen molar-refractivity contribution in [2.75, 3.05) is 6.54 Å². The van der Waals surface area contributed by atoms with Crippen LogP contribution >= 0.6 is 0 Å². The molecule has 0 saturated heterocycles. The Kier molecular flexibility index (Phi) is 5.72. The predicted octanol–water partition coefficient (Wildman–Crippen LogP) is 3.84. The number of benzene rings is 1. The molecule has 0 unspecified atom stereocenters. The van der Waals surface area contributed by atoms with Crippen LogP contribution in [0, 0.1) is 11.8 Å². The molecule has 0 atom stereocenters. The fourth-order valence-corrected chi connectivity index (χ4v) is 1.90. The molecule has 0 spiro atoms. The Labute approximate surface area is 106 Å². The van der Waals surface area contributed by atoms with Crippen LogP contribution in [0.5, 0.6) is 0 Å². The van der Waals surface area contributed by atoms with E-state index < -0.39 is 8.07 Å². The molecule has 0 bridgehead atoms. The van der Waals surface area contributed by atoms with Crippen LogP contribution in [0.15, 0.2) is 35.3 Å². The molecular formula is C15H21NSi. The predicted molar refractivity (Wildman–Crippen MR) is 79.4 cm³/mol. The Morgan fingerprint density at radius 3 is 2.47 bits per heavy atom. The molecule has 0 saturated carbocycles. The van der Waals surface area contributed by atoms with Gasteiger partial charge in [-0.1, -0.05) is 50.0 Å². The lowest BCUT2D eigenvalue weighted by atomic mass is 10.2. The normalized spacial score (nSPS) is 11.2. The largest absolute Gasteiger partial charge is 0.292 e. The first-order valence-corrected chi connectivity index (χ1v) is 9.79. The molecule has 2 heteroatoms. The number of hydrogen-bond donors (Lipinski definition) is 0. The third-order valence-corrected chi connectivity index (χ3v) is 3.39. The van der Waals surface area contributed by atoms with E-state index in [-0.39, 0.29) is 0 Å². The van der Waals surface area contributed by atoms with Gasteiger partial charge in [-0.2, -0.15) is 0 Å². The second-order valence-electron chi connectivity index (χ2n) is 5.29. The molecule has 0 radical (unpaired) electrons. The van der Waals surface area contributed by atoms with E-state index >= 15 is 0 Å². The van der Waals surface area contributed by atoms with Gasteiger partial charge < -0.3 is 0 Å². The molecule has 0 aliphatic rings. The van der Waals surface area contributed by atoms with Crippen LogP contribution in [0.2, 0.25) is 25.7 Å². The van der Waals surface area contributed by atoms with Gasteiger partial charge in [0.05, 0.1) is 8.07 Å². The smallest absolute Gasteiger partial charge is 0.0573 e. The van der Waals surface area contributed by atoms with Gasteiger partial charge in [0.2, 0.25) is 0 Å². The molecule has 0 aliphatic heterocycles. The molecule has 90 valence electrons. The lowest BCUT2D eigenvalue weighted by Gasteiger charge is -2.09. The van der Waals surface area contributed by atoms with Gasteiger partial charge in [0.25, 0.3) is 0 Å². The number of rotatable bonds is 4. The van der Waals surface area contributed by atoms with E-state index in [9.17, 15) is 0 Å². The van der Waals surface area contributed by atoms with Crippen molar-refractivity contribution in [3.8, 4) is 11.8 Å². The summed E-state index contributed by atoms with van der Waals surface area (Å²) in [6.07, 6.45) is 2.79. The fourth-order valence-electron chi connectivity index (χ4n) is 1.25. The van der Waals surface area contributed by atoms with Crippen molar-refractivity contribution in [1.82, 2.24) is 0 Å². The first kappa shape index (κ1) is 13.7. The van der Waals surface area contributed by atoms with E-state index in [0.717, 1.165) is 24.6 Å². The van der Waals surface area contributed by atoms with Crippen LogP contribution in [0.3, 0.4) is 0 Å². The van der Waals surface area contributed by atoms with Crippen molar-refractivity contribution >= 4 is 14.3 Å². The average Bonchev–Trinajstić information content (AvgIpc) is 2.28. The molecule has 0 N–H and O–H groups in total. The molecule has 0 aromatic heterocycles. The summed E-state index contributed by atoms with van der Waals surface area (Å²) in [4.78, 5) is 4.36. The van der Waals surface area contributed by atoms with Gasteiger partial charge in [0.15, 0.2) is 0 Å². The summed E-state index contributed by atoms with van der Waals surface area (Å²) >= 11 is 0. The standard InChI is InChI=1S/C15H21NSi/c1-17(2,3)13-9-5-8-12-16-14-15-10-6-4-7-11-15/h4,6-7,10-11,14H,8,12-13H2,1-3H3. The maximum atomic E-state index is 4.36. The zero-order valence-electron chi connectivity index (χ0n) is 11.0. The van der Waals surface area contributed by atoms with Crippen molar-refractivity contribution < 1.29 is 0 Å². The monoisotopic (exact) mass is 243 g/mol. The molecule has 17 heavy (non-hydrogen) atoms. The topological polar surface area (TPSA) is 12.4 Å². The molecule has 1 aromatic carbocycles. The Bertz CT molecular complexity index is 404. The Morgan fingerprint density at radius 2 is 1.82 bits per heavy atom. The minimum absolute atomic E-state index is 0.799. The molecule has 0 heterocycles. The lowest BCUT2D eigenvalue weighted by molar-refractivity contribution is 1.04. The molecule has 0 aliphatic carbocycles. The highest BCUT2D eigenvalue weighted by Gasteiger charge is 2.09. The summed E-state index contributed by atoms with van der Waals surface area (Å²) < 4.78 is 0. The van der Waals surface area contributed by atoms with Crippen LogP contribution in [-0.4, -0.2) is 20.8 Å². The van der Waals surface area contributed by atoms with Crippen LogP contribution in [0.25, 0.3) is 0 Å². The highest BCUT2D eigenvalue weighted by atomic mass is 28.3. The van der Waals surface area contributed by atoms with Crippen LogP contribution in [-0.2, 0) is 0 Å². The van der Waals surface area contributed by atoms with Gasteiger partial charge in [-0.3, -0.25) is 4.99 Å². The Hall–Kier alpha value is -1.33. The van der Waals surface area contributed by atoms with Gasteiger partial charge in [0.1, 0.15) is 0 Å². The molecule has 1 rings (SSSR count). The Morgan fingerprint density at radius 1 is 1.12 bits per heavy atom. The average molecular weight is 243 g/mol. The van der Waals surface area contributed by atoms with Crippen molar-refractivity contribution in [3.05, 3.63) is 35.9 Å². The van der Waals surface area contributed by atoms with E-state index in [4.69, 9.17) is 0 Å². The van der Waals surface area contributed by atoms with Crippen molar-refractivity contribution in [1.29, 1.82) is 0 Å². The highest BCUT2D eigenvalue weighted by molar-refractivity contribution is 6.76. The number of aliphatic imine (C=N–C) groups is 1. The van der Waals surface area contributed by atoms with E-state index in [0.29, 0.717) is 0 Å². The molecule has 0 fully saturated rings. The van der Waals surface area contributed by atoms with E-state index in [1.807, 2.05) is 24.4 Å². The molecule has 0 amide bonds.